The molecule has 7 heteroatoms. The number of hydrogen-bond donors (Lipinski definition) is 1. The van der Waals surface area contributed by atoms with Gasteiger partial charge in [-0.05, 0) is 39.2 Å². The highest BCUT2D eigenvalue weighted by Gasteiger charge is 2.41. The smallest absolute Gasteiger partial charge is 0.248 e. The lowest BCUT2D eigenvalue weighted by atomic mass is 9.94. The van der Waals surface area contributed by atoms with E-state index in [9.17, 15) is 8.42 Å². The monoisotopic (exact) mass is 285 g/mol. The number of fused-ring (bicyclic) bond motifs is 1. The minimum Gasteiger partial charge on any atom is -0.360 e. The number of aromatic nitrogens is 1. The van der Waals surface area contributed by atoms with E-state index >= 15 is 0 Å². The van der Waals surface area contributed by atoms with Gasteiger partial charge in [0.25, 0.3) is 0 Å². The molecule has 0 amide bonds. The fourth-order valence-corrected chi connectivity index (χ4v) is 4.99. The Bertz CT molecular complexity index is 548. The third kappa shape index (κ3) is 2.09. The highest BCUT2D eigenvalue weighted by molar-refractivity contribution is 7.89. The highest BCUT2D eigenvalue weighted by Crippen LogP contribution is 2.31. The number of sulfonamides is 1. The van der Waals surface area contributed by atoms with Gasteiger partial charge in [0, 0.05) is 19.1 Å². The van der Waals surface area contributed by atoms with E-state index in [4.69, 9.17) is 4.52 Å². The summed E-state index contributed by atoms with van der Waals surface area (Å²) in [6, 6.07) is 0.295. The molecule has 0 aromatic carbocycles. The van der Waals surface area contributed by atoms with Crippen molar-refractivity contribution >= 4 is 10.0 Å². The number of aryl methyl sites for hydroxylation is 2. The van der Waals surface area contributed by atoms with Gasteiger partial charge in [0.1, 0.15) is 10.6 Å². The molecular weight excluding hydrogens is 266 g/mol. The first-order valence-corrected chi connectivity index (χ1v) is 8.10. The number of nitrogens with one attached hydrogen (secondary N) is 1. The normalized spacial score (nSPS) is 28.5. The minimum atomic E-state index is -3.48. The Morgan fingerprint density at radius 1 is 1.37 bits per heavy atom. The van der Waals surface area contributed by atoms with Crippen LogP contribution in [0.25, 0.3) is 0 Å². The lowest BCUT2D eigenvalue weighted by molar-refractivity contribution is 0.339. The summed E-state index contributed by atoms with van der Waals surface area (Å²) < 4.78 is 31.9. The van der Waals surface area contributed by atoms with E-state index in [0.717, 1.165) is 19.4 Å². The molecular formula is C12H19N3O3S. The summed E-state index contributed by atoms with van der Waals surface area (Å²) in [5, 5.41) is 7.16. The summed E-state index contributed by atoms with van der Waals surface area (Å²) in [6.07, 6.45) is 2.23. The molecule has 1 aromatic rings. The molecule has 3 heterocycles. The van der Waals surface area contributed by atoms with Gasteiger partial charge in [-0.1, -0.05) is 5.16 Å². The molecule has 2 aliphatic heterocycles. The van der Waals surface area contributed by atoms with Gasteiger partial charge >= 0.3 is 0 Å². The second-order valence-corrected chi connectivity index (χ2v) is 7.31. The van der Waals surface area contributed by atoms with Crippen molar-refractivity contribution in [3.8, 4) is 0 Å². The number of piperidine rings is 1. The van der Waals surface area contributed by atoms with Crippen molar-refractivity contribution in [2.75, 3.05) is 19.6 Å². The van der Waals surface area contributed by atoms with E-state index in [1.54, 1.807) is 18.2 Å². The van der Waals surface area contributed by atoms with Crippen molar-refractivity contribution in [1.82, 2.24) is 14.8 Å². The maximum absolute atomic E-state index is 12.7. The van der Waals surface area contributed by atoms with Crippen LogP contribution in [0, 0.1) is 19.8 Å². The Morgan fingerprint density at radius 2 is 2.16 bits per heavy atom. The molecule has 1 N–H and O–H groups in total. The minimum absolute atomic E-state index is 0.242. The van der Waals surface area contributed by atoms with Crippen LogP contribution < -0.4 is 5.32 Å². The third-order valence-electron chi connectivity index (χ3n) is 4.13. The van der Waals surface area contributed by atoms with Crippen LogP contribution in [0.4, 0.5) is 0 Å². The maximum atomic E-state index is 12.7. The lowest BCUT2D eigenvalue weighted by Gasteiger charge is -2.24. The fraction of sp³-hybridized carbons (Fsp3) is 0.750. The van der Waals surface area contributed by atoms with E-state index in [0.29, 0.717) is 36.5 Å². The standard InChI is InChI=1S/C12H19N3O3S/c1-8-12(9(2)18-14-8)19(16,17)15-6-10-4-3-5-13-11(10)7-15/h10-11,13H,3-7H2,1-2H3/t10-,11+/m0/s1. The second-order valence-electron chi connectivity index (χ2n) is 5.44. The first kappa shape index (κ1) is 13.1. The SMILES string of the molecule is Cc1noc(C)c1S(=O)(=O)N1C[C@@H]2CCCN[C@@H]2C1. The Balaban J connectivity index is 1.90. The van der Waals surface area contributed by atoms with Gasteiger partial charge in [0.15, 0.2) is 5.76 Å². The van der Waals surface area contributed by atoms with Crippen LogP contribution in [0.3, 0.4) is 0 Å². The summed E-state index contributed by atoms with van der Waals surface area (Å²) in [5.41, 5.74) is 0.445. The van der Waals surface area contributed by atoms with E-state index in [1.807, 2.05) is 0 Å². The molecule has 6 nitrogen and oxygen atoms in total. The van der Waals surface area contributed by atoms with Gasteiger partial charge in [-0.3, -0.25) is 0 Å². The van der Waals surface area contributed by atoms with Crippen LogP contribution >= 0.6 is 0 Å². The summed E-state index contributed by atoms with van der Waals surface area (Å²) in [5.74, 6) is 0.810. The van der Waals surface area contributed by atoms with Crippen molar-refractivity contribution < 1.29 is 12.9 Å². The maximum Gasteiger partial charge on any atom is 0.248 e. The molecule has 0 radical (unpaired) electrons. The Labute approximate surface area is 113 Å². The van der Waals surface area contributed by atoms with Crippen LogP contribution in [0.5, 0.6) is 0 Å². The van der Waals surface area contributed by atoms with Crippen molar-refractivity contribution in [1.29, 1.82) is 0 Å². The molecule has 19 heavy (non-hydrogen) atoms. The summed E-state index contributed by atoms with van der Waals surface area (Å²) in [4.78, 5) is 0.242. The second kappa shape index (κ2) is 4.57. The average molecular weight is 285 g/mol. The van der Waals surface area contributed by atoms with Gasteiger partial charge in [-0.15, -0.1) is 0 Å². The third-order valence-corrected chi connectivity index (χ3v) is 6.21. The van der Waals surface area contributed by atoms with Gasteiger partial charge < -0.3 is 9.84 Å². The summed E-state index contributed by atoms with van der Waals surface area (Å²) in [7, 11) is -3.48. The van der Waals surface area contributed by atoms with Crippen LogP contribution in [0.15, 0.2) is 9.42 Å². The Morgan fingerprint density at radius 3 is 2.79 bits per heavy atom. The molecule has 1 aromatic heterocycles. The molecule has 0 aliphatic carbocycles. The Hall–Kier alpha value is -0.920. The van der Waals surface area contributed by atoms with E-state index in [1.165, 1.54) is 0 Å². The zero-order chi connectivity index (χ0) is 13.6. The van der Waals surface area contributed by atoms with E-state index < -0.39 is 10.0 Å². The van der Waals surface area contributed by atoms with E-state index in [2.05, 4.69) is 10.5 Å². The van der Waals surface area contributed by atoms with Gasteiger partial charge in [0.2, 0.25) is 10.0 Å². The highest BCUT2D eigenvalue weighted by atomic mass is 32.2. The fourth-order valence-electron chi connectivity index (χ4n) is 3.18. The molecule has 0 bridgehead atoms. The van der Waals surface area contributed by atoms with Crippen LogP contribution in [-0.2, 0) is 10.0 Å². The van der Waals surface area contributed by atoms with Crippen molar-refractivity contribution in [3.63, 3.8) is 0 Å². The zero-order valence-corrected chi connectivity index (χ0v) is 12.0. The summed E-state index contributed by atoms with van der Waals surface area (Å²) >= 11 is 0. The van der Waals surface area contributed by atoms with Gasteiger partial charge in [-0.25, -0.2) is 8.42 Å². The van der Waals surface area contributed by atoms with Gasteiger partial charge in [-0.2, -0.15) is 4.31 Å². The molecule has 0 spiro atoms. The first-order valence-electron chi connectivity index (χ1n) is 6.66. The van der Waals surface area contributed by atoms with Crippen molar-refractivity contribution in [2.45, 2.75) is 37.6 Å². The first-order chi connectivity index (χ1) is 9.00. The average Bonchev–Trinajstić information content (AvgIpc) is 2.93. The Kier molecular flexibility index (Phi) is 3.15. The van der Waals surface area contributed by atoms with Gasteiger partial charge in [0.05, 0.1) is 0 Å². The zero-order valence-electron chi connectivity index (χ0n) is 11.2. The van der Waals surface area contributed by atoms with E-state index in [-0.39, 0.29) is 4.90 Å². The van der Waals surface area contributed by atoms with Crippen LogP contribution in [0.1, 0.15) is 24.3 Å². The predicted octanol–water partition coefficient (Wildman–Crippen LogP) is 0.664. The molecule has 106 valence electrons. The van der Waals surface area contributed by atoms with Crippen molar-refractivity contribution in [2.24, 2.45) is 5.92 Å². The lowest BCUT2D eigenvalue weighted by Crippen LogP contribution is -2.41. The largest absolute Gasteiger partial charge is 0.360 e. The molecule has 2 atom stereocenters. The number of hydrogen-bond acceptors (Lipinski definition) is 5. The number of rotatable bonds is 2. The summed E-state index contributed by atoms with van der Waals surface area (Å²) in [6.45, 7) is 5.46. The topological polar surface area (TPSA) is 75.4 Å². The van der Waals surface area contributed by atoms with Crippen molar-refractivity contribution in [3.05, 3.63) is 11.5 Å². The van der Waals surface area contributed by atoms with Crippen LogP contribution in [-0.4, -0.2) is 43.6 Å². The molecule has 0 saturated carbocycles. The molecule has 3 rings (SSSR count). The molecule has 2 saturated heterocycles. The van der Waals surface area contributed by atoms with Crippen LogP contribution in [0.2, 0.25) is 0 Å². The quantitative estimate of drug-likeness (QED) is 0.864. The molecule has 0 unspecified atom stereocenters. The molecule has 2 aliphatic rings. The molecule has 2 fully saturated rings. The number of nitrogens with zero attached hydrogens (tertiary/aromatic N) is 2. The predicted molar refractivity (Wildman–Crippen MR) is 69.3 cm³/mol.